The van der Waals surface area contributed by atoms with E-state index in [0.717, 1.165) is 21.5 Å². The minimum atomic E-state index is -3.40. The molecule has 1 heterocycles. The summed E-state index contributed by atoms with van der Waals surface area (Å²) in [5.74, 6) is -3.40. The number of nitrogens with zero attached hydrogens (tertiary/aromatic N) is 1. The zero-order valence-electron chi connectivity index (χ0n) is 15.6. The molecule has 3 aromatic carbocycles. The van der Waals surface area contributed by atoms with Crippen LogP contribution in [0.2, 0.25) is 10.3 Å². The van der Waals surface area contributed by atoms with Crippen LogP contribution in [0.4, 0.5) is 0 Å². The molecule has 1 nitrogen and oxygen atoms in total. The molecular formula is C24H19Cl3NP. The van der Waals surface area contributed by atoms with Gasteiger partial charge in [-0.3, -0.25) is 0 Å². The Hall–Kier alpha value is -1.89. The fourth-order valence-corrected chi connectivity index (χ4v) is 10.5. The van der Waals surface area contributed by atoms with Gasteiger partial charge in [0.15, 0.2) is 0 Å². The maximum absolute atomic E-state index is 8.04. The van der Waals surface area contributed by atoms with Crippen molar-refractivity contribution in [3.63, 3.8) is 0 Å². The van der Waals surface area contributed by atoms with Crippen LogP contribution in [0, 0.1) is 0 Å². The van der Waals surface area contributed by atoms with Crippen LogP contribution in [-0.2, 0) is 6.16 Å². The van der Waals surface area contributed by atoms with Gasteiger partial charge in [0.1, 0.15) is 0 Å². The summed E-state index contributed by atoms with van der Waals surface area (Å²) in [6, 6.07) is 34.7. The second kappa shape index (κ2) is 8.09. The first-order valence-corrected chi connectivity index (χ1v) is 13.3. The number of rotatable bonds is 5. The van der Waals surface area contributed by atoms with E-state index in [1.165, 1.54) is 0 Å². The van der Waals surface area contributed by atoms with E-state index in [-0.39, 0.29) is 0 Å². The van der Waals surface area contributed by atoms with Crippen LogP contribution in [0.25, 0.3) is 0 Å². The van der Waals surface area contributed by atoms with Gasteiger partial charge in [0.25, 0.3) is 0 Å². The molecule has 4 rings (SSSR count). The molecule has 5 heteroatoms. The van der Waals surface area contributed by atoms with Gasteiger partial charge in [-0.15, -0.1) is 0 Å². The SMILES string of the molecule is Clc1cc(CP(Cl)(c2ccccc2)(c2ccccc2)c2ccccc2)cc(Cl)n1. The summed E-state index contributed by atoms with van der Waals surface area (Å²) < 4.78 is 0. The van der Waals surface area contributed by atoms with Crippen LogP contribution in [0.5, 0.6) is 0 Å². The third kappa shape index (κ3) is 3.69. The average molecular weight is 459 g/mol. The van der Waals surface area contributed by atoms with Crippen LogP contribution in [0.3, 0.4) is 0 Å². The van der Waals surface area contributed by atoms with Crippen molar-refractivity contribution >= 4 is 56.3 Å². The third-order valence-corrected chi connectivity index (χ3v) is 12.8. The van der Waals surface area contributed by atoms with Gasteiger partial charge in [0, 0.05) is 0 Å². The first-order chi connectivity index (χ1) is 14.0. The zero-order chi connectivity index (χ0) is 20.3. The van der Waals surface area contributed by atoms with Crippen molar-refractivity contribution in [1.82, 2.24) is 4.98 Å². The Bertz CT molecular complexity index is 999. The number of pyridine rings is 1. The normalized spacial score (nSPS) is 12.9. The summed E-state index contributed by atoms with van der Waals surface area (Å²) >= 11 is 20.5. The summed E-state index contributed by atoms with van der Waals surface area (Å²) in [4.78, 5) is 4.11. The van der Waals surface area contributed by atoms with Gasteiger partial charge in [-0.05, 0) is 0 Å². The Morgan fingerprint density at radius 1 is 0.586 bits per heavy atom. The van der Waals surface area contributed by atoms with E-state index in [1.54, 1.807) is 0 Å². The molecule has 0 aliphatic carbocycles. The number of aromatic nitrogens is 1. The van der Waals surface area contributed by atoms with E-state index in [0.29, 0.717) is 16.5 Å². The van der Waals surface area contributed by atoms with Crippen molar-refractivity contribution in [3.8, 4) is 0 Å². The van der Waals surface area contributed by atoms with Crippen LogP contribution in [0.1, 0.15) is 5.56 Å². The Labute approximate surface area is 186 Å². The van der Waals surface area contributed by atoms with Crippen molar-refractivity contribution < 1.29 is 0 Å². The molecule has 0 saturated heterocycles. The fraction of sp³-hybridized carbons (Fsp3) is 0.0417. The molecule has 4 aromatic rings. The summed E-state index contributed by atoms with van der Waals surface area (Å²) in [5, 5.41) is 4.02. The zero-order valence-corrected chi connectivity index (χ0v) is 18.7. The molecule has 0 radical (unpaired) electrons. The van der Waals surface area contributed by atoms with Crippen LogP contribution < -0.4 is 15.9 Å². The van der Waals surface area contributed by atoms with Gasteiger partial charge in [0.05, 0.1) is 0 Å². The van der Waals surface area contributed by atoms with Crippen LogP contribution >= 0.6 is 40.4 Å². The first kappa shape index (κ1) is 20.4. The number of hydrogen-bond donors (Lipinski definition) is 0. The molecule has 0 saturated carbocycles. The summed E-state index contributed by atoms with van der Waals surface area (Å²) in [5.41, 5.74) is 0.958. The number of hydrogen-bond acceptors (Lipinski definition) is 1. The molecule has 0 bridgehead atoms. The van der Waals surface area contributed by atoms with Crippen molar-refractivity contribution in [2.75, 3.05) is 0 Å². The molecule has 146 valence electrons. The Balaban J connectivity index is 2.09. The molecule has 0 unspecified atom stereocenters. The molecule has 0 aliphatic rings. The fourth-order valence-electron chi connectivity index (χ4n) is 3.89. The van der Waals surface area contributed by atoms with Crippen LogP contribution in [-0.4, -0.2) is 4.98 Å². The average Bonchev–Trinajstić information content (AvgIpc) is 2.75. The van der Waals surface area contributed by atoms with Gasteiger partial charge in [-0.2, -0.15) is 0 Å². The van der Waals surface area contributed by atoms with Crippen LogP contribution in [0.15, 0.2) is 103 Å². The monoisotopic (exact) mass is 457 g/mol. The Morgan fingerprint density at radius 3 is 1.28 bits per heavy atom. The van der Waals surface area contributed by atoms with Gasteiger partial charge in [0.2, 0.25) is 0 Å². The second-order valence-corrected chi connectivity index (χ2v) is 14.2. The van der Waals surface area contributed by atoms with Gasteiger partial charge in [-0.1, -0.05) is 0 Å². The Morgan fingerprint density at radius 2 is 0.931 bits per heavy atom. The van der Waals surface area contributed by atoms with E-state index in [4.69, 9.17) is 34.4 Å². The molecule has 1 aromatic heterocycles. The van der Waals surface area contributed by atoms with E-state index < -0.39 is 5.96 Å². The number of halogens is 3. The molecule has 29 heavy (non-hydrogen) atoms. The molecule has 0 spiro atoms. The van der Waals surface area contributed by atoms with Crippen molar-refractivity contribution in [2.24, 2.45) is 0 Å². The molecule has 0 amide bonds. The van der Waals surface area contributed by atoms with E-state index in [2.05, 4.69) is 41.4 Å². The predicted octanol–water partition coefficient (Wildman–Crippen LogP) is 6.57. The second-order valence-electron chi connectivity index (χ2n) is 6.97. The van der Waals surface area contributed by atoms with Crippen molar-refractivity contribution in [1.29, 1.82) is 0 Å². The molecule has 0 N–H and O–H groups in total. The van der Waals surface area contributed by atoms with Gasteiger partial charge < -0.3 is 0 Å². The van der Waals surface area contributed by atoms with Gasteiger partial charge in [-0.25, -0.2) is 0 Å². The van der Waals surface area contributed by atoms with E-state index in [1.807, 2.05) is 66.7 Å². The minimum absolute atomic E-state index is 0.364. The van der Waals surface area contributed by atoms with Gasteiger partial charge >= 0.3 is 186 Å². The molecule has 0 aliphatic heterocycles. The predicted molar refractivity (Wildman–Crippen MR) is 129 cm³/mol. The molecule has 0 fully saturated rings. The standard InChI is InChI=1S/C24H19Cl3NP/c25-23-16-19(17-24(26)28-23)18-29(27,20-10-4-1-5-11-20,21-12-6-2-7-13-21)22-14-8-3-9-15-22/h1-17H,18H2. The van der Waals surface area contributed by atoms with E-state index >= 15 is 0 Å². The Kier molecular flexibility index (Phi) is 5.69. The van der Waals surface area contributed by atoms with Crippen molar-refractivity contribution in [2.45, 2.75) is 6.16 Å². The third-order valence-electron chi connectivity index (χ3n) is 5.19. The first-order valence-electron chi connectivity index (χ1n) is 9.22. The van der Waals surface area contributed by atoms with E-state index in [9.17, 15) is 0 Å². The summed E-state index contributed by atoms with van der Waals surface area (Å²) in [7, 11) is 0. The maximum atomic E-state index is 8.04. The molecular weight excluding hydrogens is 440 g/mol. The summed E-state index contributed by atoms with van der Waals surface area (Å²) in [6.07, 6.45) is 0.577. The summed E-state index contributed by atoms with van der Waals surface area (Å²) in [6.45, 7) is 0. The quantitative estimate of drug-likeness (QED) is 0.243. The number of benzene rings is 3. The molecule has 0 atom stereocenters. The topological polar surface area (TPSA) is 12.9 Å². The van der Waals surface area contributed by atoms with Crippen molar-refractivity contribution in [3.05, 3.63) is 119 Å².